The lowest BCUT2D eigenvalue weighted by Gasteiger charge is -2.12. The molecule has 0 radical (unpaired) electrons. The molecule has 0 fully saturated rings. The summed E-state index contributed by atoms with van der Waals surface area (Å²) < 4.78 is 6.99. The molecule has 8 heteroatoms. The molecule has 0 spiro atoms. The molecule has 156 valence electrons. The number of aryl methyl sites for hydroxylation is 1. The van der Waals surface area contributed by atoms with Crippen LogP contribution in [0.5, 0.6) is 5.75 Å². The number of methoxy groups -OCH3 is 1. The number of amides is 1. The van der Waals surface area contributed by atoms with Crippen LogP contribution in [-0.2, 0) is 17.8 Å². The van der Waals surface area contributed by atoms with Crippen molar-refractivity contribution in [2.24, 2.45) is 0 Å². The minimum Gasteiger partial charge on any atom is -0.497 e. The molecule has 3 N–H and O–H groups in total. The molecule has 1 aromatic heterocycles. The molecular formula is C22H25N5O2S. The van der Waals surface area contributed by atoms with Crippen LogP contribution in [0.1, 0.15) is 22.5 Å². The van der Waals surface area contributed by atoms with E-state index in [0.29, 0.717) is 11.7 Å². The molecule has 0 aliphatic rings. The van der Waals surface area contributed by atoms with Crippen LogP contribution < -0.4 is 20.9 Å². The normalized spacial score (nSPS) is 10.4. The average molecular weight is 424 g/mol. The van der Waals surface area contributed by atoms with E-state index in [2.05, 4.69) is 21.3 Å². The number of nitrogens with zero attached hydrogens (tertiary/aromatic N) is 2. The Balaban J connectivity index is 1.51. The van der Waals surface area contributed by atoms with Gasteiger partial charge in [0.05, 0.1) is 24.9 Å². The minimum atomic E-state index is -0.192. The molecule has 2 aromatic carbocycles. The van der Waals surface area contributed by atoms with Crippen LogP contribution in [0.2, 0.25) is 0 Å². The zero-order valence-electron chi connectivity index (χ0n) is 17.2. The molecule has 1 amide bonds. The number of nitrogens with one attached hydrogen (secondary N) is 3. The van der Waals surface area contributed by atoms with Crippen molar-refractivity contribution in [3.63, 3.8) is 0 Å². The van der Waals surface area contributed by atoms with Gasteiger partial charge in [-0.05, 0) is 55.9 Å². The Morgan fingerprint density at radius 1 is 1.07 bits per heavy atom. The fraction of sp³-hybridized carbons (Fsp3) is 0.227. The summed E-state index contributed by atoms with van der Waals surface area (Å²) in [5, 5.41) is 7.97. The van der Waals surface area contributed by atoms with Gasteiger partial charge in [-0.3, -0.25) is 15.6 Å². The van der Waals surface area contributed by atoms with E-state index in [-0.39, 0.29) is 12.3 Å². The quantitative estimate of drug-likeness (QED) is 0.418. The zero-order valence-corrected chi connectivity index (χ0v) is 18.0. The van der Waals surface area contributed by atoms with Gasteiger partial charge in [0.15, 0.2) is 5.11 Å². The summed E-state index contributed by atoms with van der Waals surface area (Å²) in [5.74, 6) is 0.607. The largest absolute Gasteiger partial charge is 0.497 e. The Kier molecular flexibility index (Phi) is 7.03. The second-order valence-corrected chi connectivity index (χ2v) is 7.19. The summed E-state index contributed by atoms with van der Waals surface area (Å²) in [4.78, 5) is 12.4. The number of thiocarbonyl (C=S) groups is 1. The molecule has 0 aliphatic heterocycles. The van der Waals surface area contributed by atoms with Gasteiger partial charge < -0.3 is 10.1 Å². The number of para-hydroxylation sites is 1. The number of ether oxygens (including phenoxy) is 1. The summed E-state index contributed by atoms with van der Waals surface area (Å²) in [6.07, 6.45) is 0.207. The number of hydrogen-bond acceptors (Lipinski definition) is 4. The maximum atomic E-state index is 12.4. The predicted octanol–water partition coefficient (Wildman–Crippen LogP) is 2.74. The van der Waals surface area contributed by atoms with Crippen molar-refractivity contribution in [2.75, 3.05) is 7.11 Å². The smallest absolute Gasteiger partial charge is 0.242 e. The molecule has 0 saturated carbocycles. The van der Waals surface area contributed by atoms with Gasteiger partial charge in [0.25, 0.3) is 0 Å². The third-order valence-electron chi connectivity index (χ3n) is 4.71. The lowest BCUT2D eigenvalue weighted by atomic mass is 10.1. The monoisotopic (exact) mass is 423 g/mol. The highest BCUT2D eigenvalue weighted by Crippen LogP contribution is 2.18. The Bertz CT molecular complexity index is 1020. The van der Waals surface area contributed by atoms with Crippen LogP contribution >= 0.6 is 12.2 Å². The van der Waals surface area contributed by atoms with Crippen molar-refractivity contribution in [2.45, 2.75) is 26.8 Å². The molecule has 3 aromatic rings. The lowest BCUT2D eigenvalue weighted by molar-refractivity contribution is -0.121. The highest BCUT2D eigenvalue weighted by molar-refractivity contribution is 7.80. The van der Waals surface area contributed by atoms with E-state index in [1.807, 2.05) is 73.1 Å². The van der Waals surface area contributed by atoms with E-state index in [9.17, 15) is 4.79 Å². The van der Waals surface area contributed by atoms with Gasteiger partial charge in [0.1, 0.15) is 5.75 Å². The number of carbonyl (C=O) groups excluding carboxylic acids is 1. The van der Waals surface area contributed by atoms with Crippen molar-refractivity contribution in [3.05, 3.63) is 77.1 Å². The van der Waals surface area contributed by atoms with Gasteiger partial charge >= 0.3 is 0 Å². The number of benzene rings is 2. The summed E-state index contributed by atoms with van der Waals surface area (Å²) in [6.45, 7) is 4.40. The number of carbonyl (C=O) groups is 1. The SMILES string of the molecule is COc1ccc(CNC(=S)NNC(=O)Cc2c(C)nn(-c3ccccc3)c2C)cc1. The van der Waals surface area contributed by atoms with Crippen molar-refractivity contribution < 1.29 is 9.53 Å². The fourth-order valence-electron chi connectivity index (χ4n) is 3.05. The summed E-state index contributed by atoms with van der Waals surface area (Å²) in [5.41, 5.74) is 10.1. The lowest BCUT2D eigenvalue weighted by Crippen LogP contribution is -2.47. The van der Waals surface area contributed by atoms with Gasteiger partial charge in [-0.15, -0.1) is 0 Å². The number of hydrogen-bond donors (Lipinski definition) is 3. The highest BCUT2D eigenvalue weighted by atomic mass is 32.1. The molecule has 7 nitrogen and oxygen atoms in total. The molecule has 0 saturated heterocycles. The van der Waals surface area contributed by atoms with Crippen molar-refractivity contribution in [3.8, 4) is 11.4 Å². The Labute approximate surface area is 181 Å². The Morgan fingerprint density at radius 2 is 1.77 bits per heavy atom. The maximum absolute atomic E-state index is 12.4. The van der Waals surface area contributed by atoms with E-state index >= 15 is 0 Å². The third-order valence-corrected chi connectivity index (χ3v) is 4.95. The Morgan fingerprint density at radius 3 is 2.43 bits per heavy atom. The molecule has 30 heavy (non-hydrogen) atoms. The van der Waals surface area contributed by atoms with Gasteiger partial charge in [0, 0.05) is 17.8 Å². The van der Waals surface area contributed by atoms with Crippen LogP contribution in [0.4, 0.5) is 0 Å². The van der Waals surface area contributed by atoms with Crippen LogP contribution in [0.25, 0.3) is 5.69 Å². The van der Waals surface area contributed by atoms with E-state index in [1.165, 1.54) is 0 Å². The predicted molar refractivity (Wildman–Crippen MR) is 120 cm³/mol. The first-order chi connectivity index (χ1) is 14.5. The molecule has 0 aliphatic carbocycles. The van der Waals surface area contributed by atoms with E-state index < -0.39 is 0 Å². The molecular weight excluding hydrogens is 398 g/mol. The second kappa shape index (κ2) is 9.89. The highest BCUT2D eigenvalue weighted by Gasteiger charge is 2.16. The van der Waals surface area contributed by atoms with Crippen LogP contribution in [0.15, 0.2) is 54.6 Å². The van der Waals surface area contributed by atoms with Crippen molar-refractivity contribution in [1.82, 2.24) is 25.9 Å². The molecule has 3 rings (SSSR count). The minimum absolute atomic E-state index is 0.192. The topological polar surface area (TPSA) is 80.2 Å². The molecule has 0 bridgehead atoms. The van der Waals surface area contributed by atoms with Crippen molar-refractivity contribution in [1.29, 1.82) is 0 Å². The fourth-order valence-corrected chi connectivity index (χ4v) is 3.18. The van der Waals surface area contributed by atoms with E-state index in [4.69, 9.17) is 17.0 Å². The van der Waals surface area contributed by atoms with Gasteiger partial charge in [-0.1, -0.05) is 30.3 Å². The standard InChI is InChI=1S/C22H25N5O2S/c1-15-20(16(2)27(26-15)18-7-5-4-6-8-18)13-21(28)24-25-22(30)23-14-17-9-11-19(29-3)12-10-17/h4-12H,13-14H2,1-3H3,(H,24,28)(H2,23,25,30). The van der Waals surface area contributed by atoms with Crippen LogP contribution in [0.3, 0.4) is 0 Å². The van der Waals surface area contributed by atoms with Gasteiger partial charge in [0.2, 0.25) is 5.91 Å². The summed E-state index contributed by atoms with van der Waals surface area (Å²) in [6, 6.07) is 17.5. The summed E-state index contributed by atoms with van der Waals surface area (Å²) >= 11 is 5.23. The first-order valence-corrected chi connectivity index (χ1v) is 9.95. The Hall–Kier alpha value is -3.39. The van der Waals surface area contributed by atoms with Crippen LogP contribution in [-0.4, -0.2) is 27.9 Å². The third kappa shape index (κ3) is 5.36. The summed E-state index contributed by atoms with van der Waals surface area (Å²) in [7, 11) is 1.63. The molecule has 0 unspecified atom stereocenters. The van der Waals surface area contributed by atoms with Crippen LogP contribution in [0, 0.1) is 13.8 Å². The first kappa shape index (κ1) is 21.3. The molecule has 0 atom stereocenters. The number of rotatable bonds is 6. The maximum Gasteiger partial charge on any atom is 0.242 e. The van der Waals surface area contributed by atoms with Gasteiger partial charge in [-0.25, -0.2) is 4.68 Å². The van der Waals surface area contributed by atoms with Gasteiger partial charge in [-0.2, -0.15) is 5.10 Å². The van der Waals surface area contributed by atoms with E-state index in [0.717, 1.165) is 34.0 Å². The second-order valence-electron chi connectivity index (χ2n) is 6.78. The van der Waals surface area contributed by atoms with E-state index in [1.54, 1.807) is 7.11 Å². The first-order valence-electron chi connectivity index (χ1n) is 9.54. The average Bonchev–Trinajstić information content (AvgIpc) is 3.05. The number of hydrazine groups is 1. The number of aromatic nitrogens is 2. The zero-order chi connectivity index (χ0) is 21.5. The molecule has 1 heterocycles. The van der Waals surface area contributed by atoms with Crippen molar-refractivity contribution >= 4 is 23.2 Å².